The van der Waals surface area contributed by atoms with Crippen molar-refractivity contribution >= 4 is 17.9 Å². The molecule has 0 aromatic rings. The fraction of sp³-hybridized carbons (Fsp3) is 0.824. The van der Waals surface area contributed by atoms with E-state index in [1.54, 1.807) is 0 Å². The van der Waals surface area contributed by atoms with E-state index in [2.05, 4.69) is 57.2 Å². The Morgan fingerprint density at radius 3 is 1.04 bits per heavy atom. The molecule has 0 aliphatic carbocycles. The first-order chi connectivity index (χ1) is 28.0. The number of hydrogen-bond acceptors (Lipinski definition) is 6. The second kappa shape index (κ2) is 46.3. The lowest BCUT2D eigenvalue weighted by atomic mass is 10.1. The largest absolute Gasteiger partial charge is 0.462 e. The summed E-state index contributed by atoms with van der Waals surface area (Å²) in [6.07, 6.45) is 52.7. The second-order valence-corrected chi connectivity index (χ2v) is 16.4. The summed E-state index contributed by atoms with van der Waals surface area (Å²) in [6.45, 7) is 6.56. The molecule has 0 saturated heterocycles. The average Bonchev–Trinajstić information content (AvgIpc) is 3.21. The SMILES string of the molecule is CCCC/C=C\CCCCCCC(=O)OCC(COC(=O)CCCCCCC/C=C\C=C/CCCCCCCCC)OC(=O)CCCCCCCCCCCCC. The molecule has 0 aliphatic rings. The number of unbranched alkanes of at least 4 members (excludes halogenated alkanes) is 28. The molecule has 0 saturated carbocycles. The van der Waals surface area contributed by atoms with Crippen LogP contribution in [0.5, 0.6) is 0 Å². The molecule has 0 radical (unpaired) electrons. The van der Waals surface area contributed by atoms with Crippen LogP contribution in [-0.4, -0.2) is 37.2 Å². The van der Waals surface area contributed by atoms with Gasteiger partial charge >= 0.3 is 17.9 Å². The Bertz CT molecular complexity index is 969. The zero-order valence-corrected chi connectivity index (χ0v) is 37.9. The molecule has 0 bridgehead atoms. The van der Waals surface area contributed by atoms with E-state index in [0.29, 0.717) is 19.3 Å². The van der Waals surface area contributed by atoms with Gasteiger partial charge in [-0.25, -0.2) is 0 Å². The Labute approximate surface area is 353 Å². The van der Waals surface area contributed by atoms with Crippen LogP contribution >= 0.6 is 0 Å². The average molecular weight is 801 g/mol. The van der Waals surface area contributed by atoms with Gasteiger partial charge < -0.3 is 14.2 Å². The molecule has 0 heterocycles. The first-order valence-electron chi connectivity index (χ1n) is 24.5. The first kappa shape index (κ1) is 54.6. The molecule has 0 aromatic heterocycles. The molecular weight excluding hydrogens is 709 g/mol. The molecule has 6 heteroatoms. The molecule has 57 heavy (non-hydrogen) atoms. The highest BCUT2D eigenvalue weighted by atomic mass is 16.6. The topological polar surface area (TPSA) is 78.9 Å². The Morgan fingerprint density at radius 2 is 0.649 bits per heavy atom. The molecule has 0 N–H and O–H groups in total. The van der Waals surface area contributed by atoms with Gasteiger partial charge in [0, 0.05) is 19.3 Å². The normalized spacial score (nSPS) is 12.3. The number of carbonyl (C=O) groups is 3. The Balaban J connectivity index is 4.33. The van der Waals surface area contributed by atoms with Crippen LogP contribution in [-0.2, 0) is 28.6 Å². The number of esters is 3. The van der Waals surface area contributed by atoms with Crippen LogP contribution in [0.15, 0.2) is 36.5 Å². The summed E-state index contributed by atoms with van der Waals surface area (Å²) >= 11 is 0. The van der Waals surface area contributed by atoms with Crippen molar-refractivity contribution in [3.8, 4) is 0 Å². The van der Waals surface area contributed by atoms with Gasteiger partial charge in [-0.2, -0.15) is 0 Å². The van der Waals surface area contributed by atoms with E-state index in [9.17, 15) is 14.4 Å². The predicted molar refractivity (Wildman–Crippen MR) is 242 cm³/mol. The molecule has 0 amide bonds. The van der Waals surface area contributed by atoms with Crippen LogP contribution < -0.4 is 0 Å². The lowest BCUT2D eigenvalue weighted by Crippen LogP contribution is -2.30. The number of hydrogen-bond donors (Lipinski definition) is 0. The number of rotatable bonds is 44. The zero-order valence-electron chi connectivity index (χ0n) is 37.9. The van der Waals surface area contributed by atoms with Crippen molar-refractivity contribution in [3.63, 3.8) is 0 Å². The van der Waals surface area contributed by atoms with Crippen molar-refractivity contribution in [2.24, 2.45) is 0 Å². The van der Waals surface area contributed by atoms with Crippen molar-refractivity contribution in [1.82, 2.24) is 0 Å². The smallest absolute Gasteiger partial charge is 0.306 e. The summed E-state index contributed by atoms with van der Waals surface area (Å²) in [5.41, 5.74) is 0. The summed E-state index contributed by atoms with van der Waals surface area (Å²) in [5.74, 6) is -0.904. The third kappa shape index (κ3) is 44.6. The number of allylic oxidation sites excluding steroid dienone is 6. The van der Waals surface area contributed by atoms with Crippen molar-refractivity contribution in [1.29, 1.82) is 0 Å². The molecule has 6 nitrogen and oxygen atoms in total. The fourth-order valence-electron chi connectivity index (χ4n) is 6.88. The Morgan fingerprint density at radius 1 is 0.351 bits per heavy atom. The maximum atomic E-state index is 12.7. The Hall–Kier alpha value is -2.37. The monoisotopic (exact) mass is 801 g/mol. The van der Waals surface area contributed by atoms with Crippen molar-refractivity contribution < 1.29 is 28.6 Å². The summed E-state index contributed by atoms with van der Waals surface area (Å²) in [6, 6.07) is 0. The highest BCUT2D eigenvalue weighted by Crippen LogP contribution is 2.14. The molecular formula is C51H92O6. The third-order valence-corrected chi connectivity index (χ3v) is 10.6. The van der Waals surface area contributed by atoms with Gasteiger partial charge in [0.15, 0.2) is 6.10 Å². The van der Waals surface area contributed by atoms with Gasteiger partial charge in [0.2, 0.25) is 0 Å². The minimum atomic E-state index is -0.777. The van der Waals surface area contributed by atoms with Gasteiger partial charge in [0.1, 0.15) is 13.2 Å². The molecule has 0 fully saturated rings. The summed E-state index contributed by atoms with van der Waals surface area (Å²) in [5, 5.41) is 0. The molecule has 0 spiro atoms. The number of carbonyl (C=O) groups excluding carboxylic acids is 3. The number of ether oxygens (including phenoxy) is 3. The van der Waals surface area contributed by atoms with E-state index in [4.69, 9.17) is 14.2 Å². The van der Waals surface area contributed by atoms with Gasteiger partial charge in [-0.15, -0.1) is 0 Å². The zero-order chi connectivity index (χ0) is 41.5. The van der Waals surface area contributed by atoms with Gasteiger partial charge in [-0.3, -0.25) is 14.4 Å². The maximum Gasteiger partial charge on any atom is 0.306 e. The molecule has 1 unspecified atom stereocenters. The lowest BCUT2D eigenvalue weighted by molar-refractivity contribution is -0.167. The van der Waals surface area contributed by atoms with E-state index in [1.165, 1.54) is 116 Å². The van der Waals surface area contributed by atoms with E-state index in [0.717, 1.165) is 96.3 Å². The predicted octanol–water partition coefficient (Wildman–Crippen LogP) is 15.8. The second-order valence-electron chi connectivity index (χ2n) is 16.4. The molecule has 0 rings (SSSR count). The molecule has 1 atom stereocenters. The quantitative estimate of drug-likeness (QED) is 0.0201. The highest BCUT2D eigenvalue weighted by molar-refractivity contribution is 5.71. The van der Waals surface area contributed by atoms with E-state index in [1.807, 2.05) is 0 Å². The van der Waals surface area contributed by atoms with Crippen molar-refractivity contribution in [2.75, 3.05) is 13.2 Å². The minimum absolute atomic E-state index is 0.0813. The van der Waals surface area contributed by atoms with E-state index >= 15 is 0 Å². The summed E-state index contributed by atoms with van der Waals surface area (Å²) in [7, 11) is 0. The van der Waals surface area contributed by atoms with Gasteiger partial charge in [0.05, 0.1) is 0 Å². The van der Waals surface area contributed by atoms with Crippen LogP contribution in [0.2, 0.25) is 0 Å². The van der Waals surface area contributed by atoms with Crippen LogP contribution in [0.1, 0.15) is 252 Å². The van der Waals surface area contributed by atoms with Gasteiger partial charge in [0.25, 0.3) is 0 Å². The van der Waals surface area contributed by atoms with Crippen molar-refractivity contribution in [3.05, 3.63) is 36.5 Å². The standard InChI is InChI=1S/C51H92O6/c1-4-7-10-13-16-19-22-23-24-25-26-27-28-30-32-35-38-41-44-50(53)56-47-48(46-55-49(52)43-40-37-34-31-21-18-15-12-9-6-3)57-51(54)45-42-39-36-33-29-20-17-14-11-8-5-2/h15,18,24-27,48H,4-14,16-17,19-23,28-47H2,1-3H3/b18-15-,25-24-,27-26-. The van der Waals surface area contributed by atoms with Crippen LogP contribution in [0.25, 0.3) is 0 Å². The van der Waals surface area contributed by atoms with E-state index in [-0.39, 0.29) is 31.1 Å². The van der Waals surface area contributed by atoms with Crippen LogP contribution in [0, 0.1) is 0 Å². The summed E-state index contributed by atoms with van der Waals surface area (Å²) in [4.78, 5) is 37.8. The lowest BCUT2D eigenvalue weighted by Gasteiger charge is -2.18. The summed E-state index contributed by atoms with van der Waals surface area (Å²) < 4.78 is 16.7. The van der Waals surface area contributed by atoms with Crippen LogP contribution in [0.4, 0.5) is 0 Å². The fourth-order valence-corrected chi connectivity index (χ4v) is 6.88. The highest BCUT2D eigenvalue weighted by Gasteiger charge is 2.19. The maximum absolute atomic E-state index is 12.7. The van der Waals surface area contributed by atoms with Crippen molar-refractivity contribution in [2.45, 2.75) is 258 Å². The molecule has 0 aromatic carbocycles. The minimum Gasteiger partial charge on any atom is -0.462 e. The van der Waals surface area contributed by atoms with E-state index < -0.39 is 6.10 Å². The van der Waals surface area contributed by atoms with Gasteiger partial charge in [-0.1, -0.05) is 205 Å². The van der Waals surface area contributed by atoms with Crippen LogP contribution in [0.3, 0.4) is 0 Å². The Kier molecular flexibility index (Phi) is 44.4. The third-order valence-electron chi connectivity index (χ3n) is 10.6. The molecule has 0 aliphatic heterocycles. The van der Waals surface area contributed by atoms with Gasteiger partial charge in [-0.05, 0) is 64.2 Å². The molecule has 332 valence electrons. The first-order valence-corrected chi connectivity index (χ1v) is 24.5.